The molecule has 1 heterocycles. The van der Waals surface area contributed by atoms with Crippen LogP contribution in [-0.4, -0.2) is 22.3 Å². The number of benzene rings is 1. The maximum absolute atomic E-state index is 13.1. The van der Waals surface area contributed by atoms with Gasteiger partial charge in [0.25, 0.3) is 5.91 Å². The number of halogens is 2. The molecule has 0 bridgehead atoms. The van der Waals surface area contributed by atoms with Crippen LogP contribution in [0.25, 0.3) is 0 Å². The molecule has 1 aromatic carbocycles. The third-order valence-electron chi connectivity index (χ3n) is 3.39. The molecule has 0 spiro atoms. The summed E-state index contributed by atoms with van der Waals surface area (Å²) in [6.45, 7) is 4.16. The summed E-state index contributed by atoms with van der Waals surface area (Å²) in [6, 6.07) is 8.35. The van der Waals surface area contributed by atoms with Gasteiger partial charge >= 0.3 is 0 Å². The minimum Gasteiger partial charge on any atom is -0.332 e. The molecule has 0 aliphatic carbocycles. The summed E-state index contributed by atoms with van der Waals surface area (Å²) in [5.74, 6) is -1.29. The molecule has 1 unspecified atom stereocenters. The van der Waals surface area contributed by atoms with Gasteiger partial charge in [-0.15, -0.1) is 0 Å². The second-order valence-corrected chi connectivity index (χ2v) is 4.69. The van der Waals surface area contributed by atoms with E-state index in [-0.39, 0.29) is 23.3 Å². The van der Waals surface area contributed by atoms with Gasteiger partial charge in [-0.25, -0.2) is 9.37 Å². The van der Waals surface area contributed by atoms with E-state index in [1.165, 1.54) is 24.4 Å². The van der Waals surface area contributed by atoms with Gasteiger partial charge in [-0.05, 0) is 37.6 Å². The molecule has 1 atom stereocenters. The lowest BCUT2D eigenvalue weighted by atomic mass is 10.1. The van der Waals surface area contributed by atoms with Crippen molar-refractivity contribution in [2.75, 3.05) is 6.54 Å². The van der Waals surface area contributed by atoms with E-state index in [4.69, 9.17) is 0 Å². The van der Waals surface area contributed by atoms with Crippen molar-refractivity contribution >= 4 is 5.91 Å². The second kappa shape index (κ2) is 6.43. The zero-order valence-electron chi connectivity index (χ0n) is 11.9. The van der Waals surface area contributed by atoms with Gasteiger partial charge in [-0.3, -0.25) is 4.79 Å². The summed E-state index contributed by atoms with van der Waals surface area (Å²) in [7, 11) is 0. The SMILES string of the molecule is CCN(C(=O)c1ccnc(F)c1)C(C)c1ccc(F)cc1. The number of aromatic nitrogens is 1. The monoisotopic (exact) mass is 290 g/mol. The number of hydrogen-bond donors (Lipinski definition) is 0. The van der Waals surface area contributed by atoms with Crippen LogP contribution >= 0.6 is 0 Å². The number of pyridine rings is 1. The van der Waals surface area contributed by atoms with E-state index in [9.17, 15) is 13.6 Å². The van der Waals surface area contributed by atoms with Crippen molar-refractivity contribution in [1.29, 1.82) is 0 Å². The number of rotatable bonds is 4. The van der Waals surface area contributed by atoms with Gasteiger partial charge in [-0.1, -0.05) is 12.1 Å². The number of carbonyl (C=O) groups excluding carboxylic acids is 1. The molecule has 5 heteroatoms. The highest BCUT2D eigenvalue weighted by Gasteiger charge is 2.21. The van der Waals surface area contributed by atoms with Gasteiger partial charge in [0.1, 0.15) is 5.82 Å². The number of carbonyl (C=O) groups is 1. The summed E-state index contributed by atoms with van der Waals surface area (Å²) < 4.78 is 26.1. The van der Waals surface area contributed by atoms with Gasteiger partial charge in [-0.2, -0.15) is 4.39 Å². The fraction of sp³-hybridized carbons (Fsp3) is 0.250. The second-order valence-electron chi connectivity index (χ2n) is 4.69. The lowest BCUT2D eigenvalue weighted by Crippen LogP contribution is -2.33. The first kappa shape index (κ1) is 15.1. The van der Waals surface area contributed by atoms with Crippen molar-refractivity contribution in [2.45, 2.75) is 19.9 Å². The Morgan fingerprint density at radius 2 is 1.90 bits per heavy atom. The van der Waals surface area contributed by atoms with Crippen molar-refractivity contribution < 1.29 is 13.6 Å². The van der Waals surface area contributed by atoms with E-state index < -0.39 is 5.95 Å². The van der Waals surface area contributed by atoms with Gasteiger partial charge in [0.2, 0.25) is 5.95 Å². The third-order valence-corrected chi connectivity index (χ3v) is 3.39. The molecule has 21 heavy (non-hydrogen) atoms. The molecule has 110 valence electrons. The predicted octanol–water partition coefficient (Wildman–Crippen LogP) is 3.58. The molecule has 0 aliphatic rings. The van der Waals surface area contributed by atoms with Crippen molar-refractivity contribution in [3.8, 4) is 0 Å². The van der Waals surface area contributed by atoms with Gasteiger partial charge in [0.05, 0.1) is 6.04 Å². The Bertz CT molecular complexity index is 628. The van der Waals surface area contributed by atoms with E-state index in [0.29, 0.717) is 6.54 Å². The summed E-state index contributed by atoms with van der Waals surface area (Å²) in [6.07, 6.45) is 1.26. The number of amides is 1. The molecule has 0 radical (unpaired) electrons. The molecule has 3 nitrogen and oxygen atoms in total. The Labute approximate surface area is 122 Å². The first-order valence-corrected chi connectivity index (χ1v) is 6.71. The smallest absolute Gasteiger partial charge is 0.254 e. The lowest BCUT2D eigenvalue weighted by Gasteiger charge is -2.28. The number of nitrogens with zero attached hydrogens (tertiary/aromatic N) is 2. The Kier molecular flexibility index (Phi) is 4.62. The van der Waals surface area contributed by atoms with Crippen LogP contribution in [0.3, 0.4) is 0 Å². The molecule has 2 aromatic rings. The van der Waals surface area contributed by atoms with Gasteiger partial charge < -0.3 is 4.90 Å². The molecule has 0 saturated carbocycles. The zero-order chi connectivity index (χ0) is 15.4. The van der Waals surface area contributed by atoms with Gasteiger partial charge in [0, 0.05) is 24.4 Å². The maximum atomic E-state index is 13.1. The quantitative estimate of drug-likeness (QED) is 0.806. The van der Waals surface area contributed by atoms with E-state index in [1.54, 1.807) is 17.0 Å². The highest BCUT2D eigenvalue weighted by atomic mass is 19.1. The Morgan fingerprint density at radius 1 is 1.24 bits per heavy atom. The van der Waals surface area contributed by atoms with Crippen molar-refractivity contribution in [2.24, 2.45) is 0 Å². The lowest BCUT2D eigenvalue weighted by molar-refractivity contribution is 0.0701. The standard InChI is InChI=1S/C16H16F2N2O/c1-3-20(11(2)12-4-6-14(17)7-5-12)16(21)13-8-9-19-15(18)10-13/h4-11H,3H2,1-2H3. The molecular weight excluding hydrogens is 274 g/mol. The third kappa shape index (κ3) is 3.42. The normalized spacial score (nSPS) is 12.0. The largest absolute Gasteiger partial charge is 0.332 e. The topological polar surface area (TPSA) is 33.2 Å². The van der Waals surface area contributed by atoms with Crippen molar-refractivity contribution in [3.63, 3.8) is 0 Å². The summed E-state index contributed by atoms with van der Waals surface area (Å²) in [4.78, 5) is 17.5. The molecule has 0 N–H and O–H groups in total. The van der Waals surface area contributed by atoms with Crippen LogP contribution in [0.5, 0.6) is 0 Å². The fourth-order valence-electron chi connectivity index (χ4n) is 2.22. The zero-order valence-corrected chi connectivity index (χ0v) is 11.9. The molecule has 2 rings (SSSR count). The molecule has 1 aromatic heterocycles. The van der Waals surface area contributed by atoms with E-state index in [0.717, 1.165) is 11.6 Å². The average molecular weight is 290 g/mol. The number of hydrogen-bond acceptors (Lipinski definition) is 2. The molecule has 0 fully saturated rings. The predicted molar refractivity (Wildman–Crippen MR) is 75.7 cm³/mol. The van der Waals surface area contributed by atoms with Crippen LogP contribution in [0.2, 0.25) is 0 Å². The fourth-order valence-corrected chi connectivity index (χ4v) is 2.22. The average Bonchev–Trinajstić information content (AvgIpc) is 2.48. The first-order chi connectivity index (χ1) is 10.0. The van der Waals surface area contributed by atoms with Crippen LogP contribution in [0.1, 0.15) is 35.8 Å². The van der Waals surface area contributed by atoms with Crippen molar-refractivity contribution in [1.82, 2.24) is 9.88 Å². The first-order valence-electron chi connectivity index (χ1n) is 6.71. The molecular formula is C16H16F2N2O. The summed E-state index contributed by atoms with van der Waals surface area (Å²) in [5.41, 5.74) is 1.07. The van der Waals surface area contributed by atoms with E-state index in [2.05, 4.69) is 4.98 Å². The van der Waals surface area contributed by atoms with E-state index >= 15 is 0 Å². The van der Waals surface area contributed by atoms with Crippen LogP contribution in [0.15, 0.2) is 42.6 Å². The maximum Gasteiger partial charge on any atom is 0.254 e. The summed E-state index contributed by atoms with van der Waals surface area (Å²) in [5, 5.41) is 0. The van der Waals surface area contributed by atoms with Crippen LogP contribution in [0.4, 0.5) is 8.78 Å². The minimum atomic E-state index is -0.689. The van der Waals surface area contributed by atoms with Crippen LogP contribution < -0.4 is 0 Å². The van der Waals surface area contributed by atoms with Crippen LogP contribution in [-0.2, 0) is 0 Å². The molecule has 1 amide bonds. The highest BCUT2D eigenvalue weighted by Crippen LogP contribution is 2.22. The van der Waals surface area contributed by atoms with Crippen LogP contribution in [0, 0.1) is 11.8 Å². The van der Waals surface area contributed by atoms with Gasteiger partial charge in [0.15, 0.2) is 0 Å². The Balaban J connectivity index is 2.26. The Hall–Kier alpha value is -2.30. The molecule has 0 saturated heterocycles. The van der Waals surface area contributed by atoms with Crippen molar-refractivity contribution in [3.05, 3.63) is 65.5 Å². The highest BCUT2D eigenvalue weighted by molar-refractivity contribution is 5.94. The minimum absolute atomic E-state index is 0.237. The van der Waals surface area contributed by atoms with E-state index in [1.807, 2.05) is 13.8 Å². The summed E-state index contributed by atoms with van der Waals surface area (Å²) >= 11 is 0. The Morgan fingerprint density at radius 3 is 2.48 bits per heavy atom. The molecule has 0 aliphatic heterocycles.